The molecule has 1 aliphatic heterocycles. The molecule has 2 heterocycles. The lowest BCUT2D eigenvalue weighted by Crippen LogP contribution is -2.33. The van der Waals surface area contributed by atoms with Crippen molar-refractivity contribution in [1.82, 2.24) is 9.55 Å². The molecule has 1 N–H and O–H groups in total. The van der Waals surface area contributed by atoms with Crippen LogP contribution >= 0.6 is 0 Å². The maximum atomic E-state index is 13.1. The van der Waals surface area contributed by atoms with E-state index in [1.807, 2.05) is 60.9 Å². The van der Waals surface area contributed by atoms with Crippen LogP contribution in [-0.4, -0.2) is 27.4 Å². The number of hydrogen-bond donors (Lipinski definition) is 1. The number of para-hydroxylation sites is 2. The van der Waals surface area contributed by atoms with Gasteiger partial charge < -0.3 is 5.32 Å². The summed E-state index contributed by atoms with van der Waals surface area (Å²) in [6.07, 6.45) is 2.09. The third-order valence-electron chi connectivity index (χ3n) is 5.58. The predicted octanol–water partition coefficient (Wildman–Crippen LogP) is 3.73. The molecule has 0 spiro atoms. The maximum Gasteiger partial charge on any atom is 0.253 e. The topological polar surface area (TPSA) is 67.2 Å². The summed E-state index contributed by atoms with van der Waals surface area (Å²) in [5.41, 5.74) is 4.64. The molecule has 1 saturated carbocycles. The molecule has 3 aromatic rings. The molecule has 6 heteroatoms. The summed E-state index contributed by atoms with van der Waals surface area (Å²) in [4.78, 5) is 32.5. The Morgan fingerprint density at radius 1 is 1.18 bits per heavy atom. The van der Waals surface area contributed by atoms with Gasteiger partial charge in [-0.1, -0.05) is 24.3 Å². The average molecular weight is 374 g/mol. The Balaban J connectivity index is 1.47. The van der Waals surface area contributed by atoms with Gasteiger partial charge in [0.05, 0.1) is 17.5 Å². The highest BCUT2D eigenvalue weighted by atomic mass is 16.2. The number of benzene rings is 2. The van der Waals surface area contributed by atoms with Gasteiger partial charge in [0.2, 0.25) is 11.9 Å². The van der Waals surface area contributed by atoms with E-state index in [1.54, 1.807) is 4.90 Å². The van der Waals surface area contributed by atoms with Crippen LogP contribution in [0.1, 0.15) is 36.4 Å². The van der Waals surface area contributed by atoms with Crippen molar-refractivity contribution in [1.29, 1.82) is 0 Å². The molecule has 2 amide bonds. The maximum absolute atomic E-state index is 13.1. The fraction of sp³-hybridized carbons (Fsp3) is 0.318. The fourth-order valence-electron chi connectivity index (χ4n) is 3.98. The zero-order valence-electron chi connectivity index (χ0n) is 16.0. The number of carbonyl (C=O) groups excluding carboxylic acids is 2. The molecule has 0 bridgehead atoms. The molecule has 2 aromatic carbocycles. The van der Waals surface area contributed by atoms with E-state index in [0.29, 0.717) is 5.95 Å². The number of anilines is 2. The van der Waals surface area contributed by atoms with Crippen molar-refractivity contribution in [3.63, 3.8) is 0 Å². The van der Waals surface area contributed by atoms with Crippen LogP contribution in [-0.2, 0) is 9.59 Å². The van der Waals surface area contributed by atoms with E-state index in [4.69, 9.17) is 0 Å². The van der Waals surface area contributed by atoms with E-state index in [1.165, 1.54) is 0 Å². The largest absolute Gasteiger partial charge is 0.326 e. The Kier molecular flexibility index (Phi) is 3.75. The zero-order valence-corrected chi connectivity index (χ0v) is 16.0. The van der Waals surface area contributed by atoms with Gasteiger partial charge in [0, 0.05) is 11.7 Å². The van der Waals surface area contributed by atoms with Crippen LogP contribution in [0.3, 0.4) is 0 Å². The molecule has 142 valence electrons. The highest BCUT2D eigenvalue weighted by molar-refractivity contribution is 6.05. The monoisotopic (exact) mass is 374 g/mol. The second kappa shape index (κ2) is 6.19. The molecular weight excluding hydrogens is 352 g/mol. The van der Waals surface area contributed by atoms with Gasteiger partial charge >= 0.3 is 0 Å². The van der Waals surface area contributed by atoms with Crippen LogP contribution in [0.2, 0.25) is 0 Å². The molecule has 0 unspecified atom stereocenters. The van der Waals surface area contributed by atoms with Gasteiger partial charge in [0.15, 0.2) is 0 Å². The molecule has 0 saturated heterocycles. The van der Waals surface area contributed by atoms with Gasteiger partial charge in [-0.3, -0.25) is 19.1 Å². The lowest BCUT2D eigenvalue weighted by atomic mass is 10.1. The predicted molar refractivity (Wildman–Crippen MR) is 108 cm³/mol. The van der Waals surface area contributed by atoms with Crippen molar-refractivity contribution in [3.05, 3.63) is 53.6 Å². The lowest BCUT2D eigenvalue weighted by molar-refractivity contribution is -0.124. The SMILES string of the molecule is Cc1ccc(C)c(NC(=O)C[C@@H]2C(=O)N(C3CC3)c3nc4ccccc4n32)c1. The molecule has 1 atom stereocenters. The number of nitrogens with one attached hydrogen (secondary N) is 1. The Morgan fingerprint density at radius 2 is 1.96 bits per heavy atom. The highest BCUT2D eigenvalue weighted by Gasteiger charge is 2.47. The summed E-state index contributed by atoms with van der Waals surface area (Å²) in [5.74, 6) is 0.499. The molecule has 0 radical (unpaired) electrons. The van der Waals surface area contributed by atoms with Crippen LogP contribution < -0.4 is 10.2 Å². The van der Waals surface area contributed by atoms with Crippen molar-refractivity contribution in [2.45, 2.75) is 45.2 Å². The third kappa shape index (κ3) is 2.68. The number of rotatable bonds is 4. The van der Waals surface area contributed by atoms with Gasteiger partial charge in [-0.25, -0.2) is 4.98 Å². The zero-order chi connectivity index (χ0) is 19.4. The van der Waals surface area contributed by atoms with Crippen LogP contribution in [0.15, 0.2) is 42.5 Å². The molecule has 2 aliphatic rings. The third-order valence-corrected chi connectivity index (χ3v) is 5.58. The molecule has 1 fully saturated rings. The van der Waals surface area contributed by atoms with E-state index < -0.39 is 6.04 Å². The number of hydrogen-bond acceptors (Lipinski definition) is 3. The van der Waals surface area contributed by atoms with Gasteiger partial charge in [-0.15, -0.1) is 0 Å². The first kappa shape index (κ1) is 17.0. The molecular formula is C22H22N4O2. The molecule has 5 rings (SSSR count). The van der Waals surface area contributed by atoms with Gasteiger partial charge in [-0.2, -0.15) is 0 Å². The standard InChI is InChI=1S/C22H22N4O2/c1-13-7-8-14(2)17(11-13)23-20(27)12-19-21(28)25(15-9-10-15)22-24-16-5-3-4-6-18(16)26(19)22/h3-8,11,15,19H,9-10,12H2,1-2H3,(H,23,27)/t19-/m1/s1. The average Bonchev–Trinajstić information content (AvgIpc) is 3.37. The van der Waals surface area contributed by atoms with Crippen LogP contribution in [0.5, 0.6) is 0 Å². The van der Waals surface area contributed by atoms with Crippen LogP contribution in [0.4, 0.5) is 11.6 Å². The van der Waals surface area contributed by atoms with E-state index in [9.17, 15) is 9.59 Å². The highest BCUT2D eigenvalue weighted by Crippen LogP contribution is 2.42. The van der Waals surface area contributed by atoms with Gasteiger partial charge in [0.1, 0.15) is 6.04 Å². The van der Waals surface area contributed by atoms with Crippen molar-refractivity contribution >= 4 is 34.5 Å². The van der Waals surface area contributed by atoms with Crippen molar-refractivity contribution in [2.24, 2.45) is 0 Å². The summed E-state index contributed by atoms with van der Waals surface area (Å²) in [5, 5.41) is 2.99. The first-order valence-corrected chi connectivity index (χ1v) is 9.70. The minimum atomic E-state index is -0.548. The Hall–Kier alpha value is -3.15. The van der Waals surface area contributed by atoms with E-state index in [-0.39, 0.29) is 24.3 Å². The first-order valence-electron chi connectivity index (χ1n) is 9.70. The van der Waals surface area contributed by atoms with Gasteiger partial charge in [-0.05, 0) is 56.0 Å². The number of aromatic nitrogens is 2. The number of carbonyl (C=O) groups is 2. The molecule has 1 aromatic heterocycles. The lowest BCUT2D eigenvalue weighted by Gasteiger charge is -2.15. The molecule has 6 nitrogen and oxygen atoms in total. The summed E-state index contributed by atoms with van der Waals surface area (Å²) < 4.78 is 1.94. The number of fused-ring (bicyclic) bond motifs is 3. The minimum Gasteiger partial charge on any atom is -0.326 e. The van der Waals surface area contributed by atoms with Crippen LogP contribution in [0, 0.1) is 13.8 Å². The number of nitrogens with zero attached hydrogens (tertiary/aromatic N) is 3. The first-order chi connectivity index (χ1) is 13.5. The second-order valence-corrected chi connectivity index (χ2v) is 7.80. The van der Waals surface area contributed by atoms with E-state index in [0.717, 1.165) is 40.7 Å². The smallest absolute Gasteiger partial charge is 0.253 e. The van der Waals surface area contributed by atoms with Crippen molar-refractivity contribution in [3.8, 4) is 0 Å². The molecule has 28 heavy (non-hydrogen) atoms. The Labute approximate surface area is 163 Å². The Bertz CT molecular complexity index is 1110. The molecule has 1 aliphatic carbocycles. The Morgan fingerprint density at radius 3 is 2.75 bits per heavy atom. The summed E-state index contributed by atoms with van der Waals surface area (Å²) in [7, 11) is 0. The number of imidazole rings is 1. The summed E-state index contributed by atoms with van der Waals surface area (Å²) in [6, 6.07) is 13.4. The number of amides is 2. The van der Waals surface area contributed by atoms with Crippen molar-refractivity contribution < 1.29 is 9.59 Å². The van der Waals surface area contributed by atoms with Crippen LogP contribution in [0.25, 0.3) is 11.0 Å². The van der Waals surface area contributed by atoms with Gasteiger partial charge in [0.25, 0.3) is 5.91 Å². The minimum absolute atomic E-state index is 0.0214. The summed E-state index contributed by atoms with van der Waals surface area (Å²) >= 11 is 0. The second-order valence-electron chi connectivity index (χ2n) is 7.80. The quantitative estimate of drug-likeness (QED) is 0.757. The fourth-order valence-corrected chi connectivity index (χ4v) is 3.98. The number of aryl methyl sites for hydroxylation is 2. The van der Waals surface area contributed by atoms with E-state index in [2.05, 4.69) is 10.3 Å². The summed E-state index contributed by atoms with van der Waals surface area (Å²) in [6.45, 7) is 3.96. The normalized spacial score (nSPS) is 18.6. The van der Waals surface area contributed by atoms with E-state index >= 15 is 0 Å². The van der Waals surface area contributed by atoms with Crippen molar-refractivity contribution in [2.75, 3.05) is 10.2 Å².